The summed E-state index contributed by atoms with van der Waals surface area (Å²) in [5.41, 5.74) is 0.324. The van der Waals surface area contributed by atoms with Gasteiger partial charge in [0.15, 0.2) is 5.82 Å². The topological polar surface area (TPSA) is 58.0 Å². The molecule has 4 nitrogen and oxygen atoms in total. The molecule has 3 rings (SSSR count). The molecule has 2 aromatic rings. The molecule has 1 aromatic carbocycles. The first kappa shape index (κ1) is 13.3. The van der Waals surface area contributed by atoms with Crippen LogP contribution in [0.4, 0.5) is 5.82 Å². The molecule has 1 fully saturated rings. The van der Waals surface area contributed by atoms with E-state index < -0.39 is 5.60 Å². The van der Waals surface area contributed by atoms with Gasteiger partial charge in [0.05, 0.1) is 5.60 Å². The van der Waals surface area contributed by atoms with Crippen molar-refractivity contribution in [1.82, 2.24) is 9.97 Å². The van der Waals surface area contributed by atoms with Crippen molar-refractivity contribution in [3.05, 3.63) is 41.6 Å². The molecular formula is C15H16ClN3O. The molecule has 2 N–H and O–H groups in total. The summed E-state index contributed by atoms with van der Waals surface area (Å²) >= 11 is 6.04. The number of rotatable bonds is 4. The molecule has 1 saturated carbocycles. The smallest absolute Gasteiger partial charge is 0.163 e. The van der Waals surface area contributed by atoms with Crippen LogP contribution in [-0.4, -0.2) is 27.2 Å². The van der Waals surface area contributed by atoms with Gasteiger partial charge in [0.25, 0.3) is 0 Å². The van der Waals surface area contributed by atoms with E-state index in [-0.39, 0.29) is 0 Å². The summed E-state index contributed by atoms with van der Waals surface area (Å²) in [5.74, 6) is 1.23. The summed E-state index contributed by atoms with van der Waals surface area (Å²) in [6, 6.07) is 11.4. The fourth-order valence-corrected chi connectivity index (χ4v) is 2.42. The summed E-state index contributed by atoms with van der Waals surface area (Å²) in [6.45, 7) is 0.495. The van der Waals surface area contributed by atoms with Crippen LogP contribution in [0.1, 0.15) is 19.3 Å². The highest BCUT2D eigenvalue weighted by Gasteiger charge is 2.34. The van der Waals surface area contributed by atoms with Crippen molar-refractivity contribution in [1.29, 1.82) is 0 Å². The maximum absolute atomic E-state index is 10.1. The Hall–Kier alpha value is -1.65. The maximum atomic E-state index is 10.1. The predicted molar refractivity (Wildman–Crippen MR) is 79.8 cm³/mol. The number of hydrogen-bond acceptors (Lipinski definition) is 4. The van der Waals surface area contributed by atoms with Crippen LogP contribution in [0.5, 0.6) is 0 Å². The van der Waals surface area contributed by atoms with Crippen molar-refractivity contribution in [2.75, 3.05) is 11.9 Å². The minimum absolute atomic E-state index is 0.391. The van der Waals surface area contributed by atoms with Crippen molar-refractivity contribution in [3.63, 3.8) is 0 Å². The van der Waals surface area contributed by atoms with Gasteiger partial charge in [-0.3, -0.25) is 0 Å². The monoisotopic (exact) mass is 289 g/mol. The highest BCUT2D eigenvalue weighted by atomic mass is 35.5. The van der Waals surface area contributed by atoms with Crippen molar-refractivity contribution in [3.8, 4) is 11.4 Å². The van der Waals surface area contributed by atoms with E-state index in [1.54, 1.807) is 6.07 Å². The Labute approximate surface area is 122 Å². The summed E-state index contributed by atoms with van der Waals surface area (Å²) in [5, 5.41) is 13.6. The van der Waals surface area contributed by atoms with E-state index in [0.29, 0.717) is 23.3 Å². The first-order chi connectivity index (χ1) is 9.65. The van der Waals surface area contributed by atoms with Gasteiger partial charge in [-0.1, -0.05) is 41.9 Å². The van der Waals surface area contributed by atoms with Crippen molar-refractivity contribution in [2.24, 2.45) is 0 Å². The number of benzene rings is 1. The average molecular weight is 290 g/mol. The number of anilines is 1. The molecule has 0 saturated heterocycles. The Bertz CT molecular complexity index is 599. The highest BCUT2D eigenvalue weighted by molar-refractivity contribution is 6.29. The molecular weight excluding hydrogens is 274 g/mol. The Morgan fingerprint density at radius 3 is 2.60 bits per heavy atom. The van der Waals surface area contributed by atoms with Crippen LogP contribution in [-0.2, 0) is 0 Å². The Morgan fingerprint density at radius 2 is 1.95 bits per heavy atom. The van der Waals surface area contributed by atoms with Crippen LogP contribution in [0.2, 0.25) is 5.15 Å². The molecule has 0 aliphatic heterocycles. The van der Waals surface area contributed by atoms with Crippen molar-refractivity contribution < 1.29 is 5.11 Å². The van der Waals surface area contributed by atoms with E-state index in [1.807, 2.05) is 30.3 Å². The van der Waals surface area contributed by atoms with Gasteiger partial charge >= 0.3 is 0 Å². The second-order valence-electron chi connectivity index (χ2n) is 5.20. The number of aromatic nitrogens is 2. The van der Waals surface area contributed by atoms with E-state index in [1.165, 1.54) is 0 Å². The van der Waals surface area contributed by atoms with Gasteiger partial charge in [-0.25, -0.2) is 9.97 Å². The number of halogens is 1. The van der Waals surface area contributed by atoms with Crippen LogP contribution < -0.4 is 5.32 Å². The standard InChI is InChI=1S/C15H16ClN3O/c16-12-9-13(17-10-15(20)7-4-8-15)19-14(18-12)11-5-2-1-3-6-11/h1-3,5-6,9,20H,4,7-8,10H2,(H,17,18,19). The molecule has 1 aliphatic carbocycles. The summed E-state index contributed by atoms with van der Waals surface area (Å²) in [6.07, 6.45) is 2.76. The van der Waals surface area contributed by atoms with E-state index in [0.717, 1.165) is 24.8 Å². The normalized spacial score (nSPS) is 16.5. The van der Waals surface area contributed by atoms with Crippen molar-refractivity contribution in [2.45, 2.75) is 24.9 Å². The van der Waals surface area contributed by atoms with Gasteiger partial charge in [-0.2, -0.15) is 0 Å². The molecule has 0 bridgehead atoms. The van der Waals surface area contributed by atoms with Gasteiger partial charge in [-0.05, 0) is 19.3 Å². The number of nitrogens with zero attached hydrogens (tertiary/aromatic N) is 2. The Kier molecular flexibility index (Phi) is 3.59. The Morgan fingerprint density at radius 1 is 1.20 bits per heavy atom. The second kappa shape index (κ2) is 5.38. The van der Waals surface area contributed by atoms with Crippen LogP contribution >= 0.6 is 11.6 Å². The zero-order valence-electron chi connectivity index (χ0n) is 11.0. The lowest BCUT2D eigenvalue weighted by Gasteiger charge is -2.36. The average Bonchev–Trinajstić information content (AvgIpc) is 2.43. The lowest BCUT2D eigenvalue weighted by Crippen LogP contribution is -2.43. The summed E-state index contributed by atoms with van der Waals surface area (Å²) in [7, 11) is 0. The lowest BCUT2D eigenvalue weighted by atomic mass is 9.80. The van der Waals surface area contributed by atoms with Gasteiger partial charge in [0.2, 0.25) is 0 Å². The van der Waals surface area contributed by atoms with E-state index in [9.17, 15) is 5.11 Å². The lowest BCUT2D eigenvalue weighted by molar-refractivity contribution is -0.0202. The van der Waals surface area contributed by atoms with Gasteiger partial charge in [-0.15, -0.1) is 0 Å². The van der Waals surface area contributed by atoms with Gasteiger partial charge < -0.3 is 10.4 Å². The first-order valence-electron chi connectivity index (χ1n) is 6.71. The second-order valence-corrected chi connectivity index (χ2v) is 5.58. The molecule has 1 heterocycles. The van der Waals surface area contributed by atoms with E-state index in [4.69, 9.17) is 11.6 Å². The van der Waals surface area contributed by atoms with Crippen LogP contribution in [0, 0.1) is 0 Å². The van der Waals surface area contributed by atoms with Gasteiger partial charge in [0, 0.05) is 18.2 Å². The third-order valence-corrected chi connectivity index (χ3v) is 3.80. The molecule has 0 unspecified atom stereocenters. The minimum Gasteiger partial charge on any atom is -0.388 e. The summed E-state index contributed by atoms with van der Waals surface area (Å²) in [4.78, 5) is 8.68. The number of hydrogen-bond donors (Lipinski definition) is 2. The fourth-order valence-electron chi connectivity index (χ4n) is 2.24. The molecule has 104 valence electrons. The van der Waals surface area contributed by atoms with E-state index in [2.05, 4.69) is 15.3 Å². The third-order valence-electron chi connectivity index (χ3n) is 3.61. The molecule has 1 aliphatic rings. The largest absolute Gasteiger partial charge is 0.388 e. The van der Waals surface area contributed by atoms with E-state index >= 15 is 0 Å². The zero-order chi connectivity index (χ0) is 14.0. The third kappa shape index (κ3) is 2.92. The molecule has 0 atom stereocenters. The highest BCUT2D eigenvalue weighted by Crippen LogP contribution is 2.31. The molecule has 5 heteroatoms. The maximum Gasteiger partial charge on any atom is 0.163 e. The van der Waals surface area contributed by atoms with Crippen molar-refractivity contribution >= 4 is 17.4 Å². The number of aliphatic hydroxyl groups is 1. The molecule has 1 aromatic heterocycles. The quantitative estimate of drug-likeness (QED) is 0.849. The SMILES string of the molecule is OC1(CNc2cc(Cl)nc(-c3ccccc3)n2)CCC1. The summed E-state index contributed by atoms with van der Waals surface area (Å²) < 4.78 is 0. The molecule has 0 spiro atoms. The molecule has 0 radical (unpaired) electrons. The Balaban J connectivity index is 1.80. The predicted octanol–water partition coefficient (Wildman–Crippen LogP) is 3.12. The van der Waals surface area contributed by atoms with Crippen LogP contribution in [0.15, 0.2) is 36.4 Å². The minimum atomic E-state index is -0.593. The first-order valence-corrected chi connectivity index (χ1v) is 7.09. The molecule has 0 amide bonds. The molecule has 20 heavy (non-hydrogen) atoms. The fraction of sp³-hybridized carbons (Fsp3) is 0.333. The van der Waals surface area contributed by atoms with Gasteiger partial charge in [0.1, 0.15) is 11.0 Å². The van der Waals surface area contributed by atoms with Crippen LogP contribution in [0.3, 0.4) is 0 Å². The number of nitrogens with one attached hydrogen (secondary N) is 1. The van der Waals surface area contributed by atoms with Crippen LogP contribution in [0.25, 0.3) is 11.4 Å². The zero-order valence-corrected chi connectivity index (χ0v) is 11.8.